The topological polar surface area (TPSA) is 80.9 Å². The zero-order valence-corrected chi connectivity index (χ0v) is 11.5. The van der Waals surface area contributed by atoms with Crippen LogP contribution in [0.25, 0.3) is 0 Å². The number of carbonyl (C=O) groups excluding carboxylic acids is 1. The molecule has 0 unspecified atom stereocenters. The lowest BCUT2D eigenvalue weighted by molar-refractivity contribution is -0.116. The molecule has 0 saturated carbocycles. The second-order valence-electron chi connectivity index (χ2n) is 4.98. The van der Waals surface area contributed by atoms with E-state index in [9.17, 15) is 4.79 Å². The number of carbonyl (C=O) groups is 1. The average molecular weight is 271 g/mol. The molecule has 0 aliphatic rings. The molecule has 1 rings (SSSR count). The molecule has 5 nitrogen and oxygen atoms in total. The summed E-state index contributed by atoms with van der Waals surface area (Å²) >= 11 is 5.70. The van der Waals surface area contributed by atoms with Crippen LogP contribution in [0.4, 0.5) is 5.82 Å². The van der Waals surface area contributed by atoms with E-state index in [1.807, 2.05) is 0 Å². The molecule has 0 spiro atoms. The summed E-state index contributed by atoms with van der Waals surface area (Å²) in [7, 11) is 0. The van der Waals surface area contributed by atoms with E-state index in [0.717, 1.165) is 12.8 Å². The number of aromatic nitrogens is 2. The molecule has 100 valence electrons. The zero-order valence-electron chi connectivity index (χ0n) is 10.7. The first-order valence-corrected chi connectivity index (χ1v) is 6.28. The molecular weight excluding hydrogens is 252 g/mol. The molecule has 18 heavy (non-hydrogen) atoms. The molecule has 0 saturated heterocycles. The maximum absolute atomic E-state index is 11.7. The molecule has 1 aromatic rings. The van der Waals surface area contributed by atoms with Gasteiger partial charge in [-0.1, -0.05) is 25.4 Å². The van der Waals surface area contributed by atoms with Crippen molar-refractivity contribution in [1.82, 2.24) is 9.97 Å². The first-order valence-electron chi connectivity index (χ1n) is 5.90. The summed E-state index contributed by atoms with van der Waals surface area (Å²) in [4.78, 5) is 19.4. The van der Waals surface area contributed by atoms with Gasteiger partial charge in [0.15, 0.2) is 0 Å². The van der Waals surface area contributed by atoms with Crippen molar-refractivity contribution in [2.45, 2.75) is 33.1 Å². The van der Waals surface area contributed by atoms with E-state index in [-0.39, 0.29) is 11.3 Å². The van der Waals surface area contributed by atoms with Crippen LogP contribution < -0.4 is 11.1 Å². The summed E-state index contributed by atoms with van der Waals surface area (Å²) in [6.07, 6.45) is 3.44. The van der Waals surface area contributed by atoms with Crippen molar-refractivity contribution in [1.29, 1.82) is 0 Å². The van der Waals surface area contributed by atoms with E-state index in [2.05, 4.69) is 29.1 Å². The summed E-state index contributed by atoms with van der Waals surface area (Å²) < 4.78 is 0. The summed E-state index contributed by atoms with van der Waals surface area (Å²) in [6.45, 7) is 4.85. The fourth-order valence-corrected chi connectivity index (χ4v) is 1.72. The minimum Gasteiger partial charge on any atom is -0.330 e. The Hall–Kier alpha value is -1.20. The minimum atomic E-state index is -0.0742. The number of hydrogen-bond donors (Lipinski definition) is 2. The molecule has 0 bridgehead atoms. The molecule has 6 heteroatoms. The Morgan fingerprint density at radius 3 is 2.78 bits per heavy atom. The SMILES string of the molecule is CC(C)(CCN)CCC(=O)Nc1cc(Cl)ncn1. The molecule has 0 radical (unpaired) electrons. The van der Waals surface area contributed by atoms with Gasteiger partial charge in [-0.3, -0.25) is 4.79 Å². The van der Waals surface area contributed by atoms with E-state index in [0.29, 0.717) is 23.9 Å². The molecule has 0 aliphatic carbocycles. The second-order valence-corrected chi connectivity index (χ2v) is 5.36. The van der Waals surface area contributed by atoms with Gasteiger partial charge in [0.2, 0.25) is 5.91 Å². The Kier molecular flexibility index (Phi) is 5.50. The zero-order chi connectivity index (χ0) is 13.6. The van der Waals surface area contributed by atoms with Gasteiger partial charge in [-0.15, -0.1) is 0 Å². The number of nitrogens with zero attached hydrogens (tertiary/aromatic N) is 2. The lowest BCUT2D eigenvalue weighted by Gasteiger charge is -2.23. The Morgan fingerprint density at radius 1 is 1.44 bits per heavy atom. The third-order valence-electron chi connectivity index (χ3n) is 2.75. The lowest BCUT2D eigenvalue weighted by Crippen LogP contribution is -2.21. The van der Waals surface area contributed by atoms with Crippen molar-refractivity contribution in [3.8, 4) is 0 Å². The highest BCUT2D eigenvalue weighted by atomic mass is 35.5. The van der Waals surface area contributed by atoms with E-state index in [4.69, 9.17) is 17.3 Å². The molecule has 0 fully saturated rings. The number of amides is 1. The Morgan fingerprint density at radius 2 is 2.17 bits per heavy atom. The molecule has 1 heterocycles. The van der Waals surface area contributed by atoms with Crippen LogP contribution in [0.1, 0.15) is 33.1 Å². The fraction of sp³-hybridized carbons (Fsp3) is 0.583. The van der Waals surface area contributed by atoms with Gasteiger partial charge in [0, 0.05) is 12.5 Å². The summed E-state index contributed by atoms with van der Waals surface area (Å²) in [5.74, 6) is 0.353. The Bertz CT molecular complexity index is 409. The van der Waals surface area contributed by atoms with Crippen LogP contribution in [0.2, 0.25) is 5.15 Å². The van der Waals surface area contributed by atoms with Crippen LogP contribution >= 0.6 is 11.6 Å². The normalized spacial score (nSPS) is 11.3. The van der Waals surface area contributed by atoms with E-state index in [1.54, 1.807) is 0 Å². The van der Waals surface area contributed by atoms with Gasteiger partial charge in [-0.2, -0.15) is 0 Å². The smallest absolute Gasteiger partial charge is 0.225 e. The second kappa shape index (κ2) is 6.66. The number of hydrogen-bond acceptors (Lipinski definition) is 4. The van der Waals surface area contributed by atoms with Crippen molar-refractivity contribution in [3.05, 3.63) is 17.5 Å². The van der Waals surface area contributed by atoms with Gasteiger partial charge in [0.25, 0.3) is 0 Å². The molecule has 1 aromatic heterocycles. The summed E-state index contributed by atoms with van der Waals surface area (Å²) in [5.41, 5.74) is 5.61. The third kappa shape index (κ3) is 5.42. The van der Waals surface area contributed by atoms with Crippen LogP contribution in [-0.4, -0.2) is 22.4 Å². The highest BCUT2D eigenvalue weighted by Gasteiger charge is 2.18. The van der Waals surface area contributed by atoms with Crippen molar-refractivity contribution in [3.63, 3.8) is 0 Å². The van der Waals surface area contributed by atoms with Gasteiger partial charge in [0.05, 0.1) is 0 Å². The molecule has 0 aromatic carbocycles. The molecule has 1 amide bonds. The van der Waals surface area contributed by atoms with Gasteiger partial charge in [-0.25, -0.2) is 9.97 Å². The van der Waals surface area contributed by atoms with Crippen LogP contribution in [0, 0.1) is 5.41 Å². The van der Waals surface area contributed by atoms with Crippen molar-refractivity contribution < 1.29 is 4.79 Å². The monoisotopic (exact) mass is 270 g/mol. The summed E-state index contributed by atoms with van der Waals surface area (Å²) in [5, 5.41) is 3.00. The third-order valence-corrected chi connectivity index (χ3v) is 2.96. The van der Waals surface area contributed by atoms with Gasteiger partial charge < -0.3 is 11.1 Å². The van der Waals surface area contributed by atoms with Crippen molar-refractivity contribution in [2.24, 2.45) is 11.1 Å². The molecular formula is C12H19ClN4O. The van der Waals surface area contributed by atoms with E-state index in [1.165, 1.54) is 12.4 Å². The summed E-state index contributed by atoms with van der Waals surface area (Å²) in [6, 6.07) is 1.52. The highest BCUT2D eigenvalue weighted by Crippen LogP contribution is 2.26. The lowest BCUT2D eigenvalue weighted by atomic mass is 9.84. The van der Waals surface area contributed by atoms with Crippen LogP contribution in [0.15, 0.2) is 12.4 Å². The minimum absolute atomic E-state index is 0.0742. The number of rotatable bonds is 6. The molecule has 0 aliphatic heterocycles. The maximum Gasteiger partial charge on any atom is 0.225 e. The first-order chi connectivity index (χ1) is 8.43. The van der Waals surface area contributed by atoms with Gasteiger partial charge in [0.1, 0.15) is 17.3 Å². The standard InChI is InChI=1S/C12H19ClN4O/c1-12(2,5-6-14)4-3-11(18)17-10-7-9(13)15-8-16-10/h7-8H,3-6,14H2,1-2H3,(H,15,16,17,18). The molecule has 3 N–H and O–H groups in total. The number of nitrogens with one attached hydrogen (secondary N) is 1. The predicted molar refractivity (Wildman–Crippen MR) is 72.4 cm³/mol. The number of anilines is 1. The van der Waals surface area contributed by atoms with Gasteiger partial charge >= 0.3 is 0 Å². The van der Waals surface area contributed by atoms with Gasteiger partial charge in [-0.05, 0) is 24.8 Å². The van der Waals surface area contributed by atoms with Crippen molar-refractivity contribution >= 4 is 23.3 Å². The quantitative estimate of drug-likeness (QED) is 0.777. The number of halogens is 1. The van der Waals surface area contributed by atoms with E-state index < -0.39 is 0 Å². The predicted octanol–water partition coefficient (Wildman–Crippen LogP) is 2.22. The van der Waals surface area contributed by atoms with Crippen molar-refractivity contribution in [2.75, 3.05) is 11.9 Å². The highest BCUT2D eigenvalue weighted by molar-refractivity contribution is 6.29. The largest absolute Gasteiger partial charge is 0.330 e. The maximum atomic E-state index is 11.7. The Balaban J connectivity index is 2.43. The number of nitrogens with two attached hydrogens (primary N) is 1. The van der Waals surface area contributed by atoms with E-state index >= 15 is 0 Å². The van der Waals surface area contributed by atoms with Crippen LogP contribution in [-0.2, 0) is 4.79 Å². The van der Waals surface area contributed by atoms with Crippen LogP contribution in [0.3, 0.4) is 0 Å². The fourth-order valence-electron chi connectivity index (χ4n) is 1.57. The molecule has 0 atom stereocenters. The van der Waals surface area contributed by atoms with Crippen LogP contribution in [0.5, 0.6) is 0 Å². The Labute approximate surface area is 112 Å². The first kappa shape index (κ1) is 14.9. The average Bonchev–Trinajstić information content (AvgIpc) is 2.26.